The molecule has 0 aromatic heterocycles. The van der Waals surface area contributed by atoms with Crippen LogP contribution in [0.1, 0.15) is 74.1 Å². The van der Waals surface area contributed by atoms with E-state index in [1.54, 1.807) is 6.92 Å². The Hall–Kier alpha value is -0.740. The normalized spacial score (nSPS) is 23.8. The number of likely N-dealkylation sites (tertiary alicyclic amines) is 1. The number of hydrogen-bond acceptors (Lipinski definition) is 4. The number of rotatable bonds is 8. The molecule has 2 unspecified atom stereocenters. The van der Waals surface area contributed by atoms with Gasteiger partial charge in [0.15, 0.2) is 5.78 Å². The summed E-state index contributed by atoms with van der Waals surface area (Å²) >= 11 is 0. The number of nitrogens with one attached hydrogen (secondary N) is 1. The third kappa shape index (κ3) is 5.68. The Bertz CT molecular complexity index is 419. The first kappa shape index (κ1) is 20.3. The minimum Gasteiger partial charge on any atom is -0.305 e. The highest BCUT2D eigenvalue weighted by atomic mass is 16.1. The Morgan fingerprint density at radius 2 is 1.61 bits per heavy atom. The summed E-state index contributed by atoms with van der Waals surface area (Å²) in [6.45, 7) is 15.4. The maximum Gasteiger partial charge on any atom is 0.159 e. The summed E-state index contributed by atoms with van der Waals surface area (Å²) in [6.07, 6.45) is 4.19. The lowest BCUT2D eigenvalue weighted by Crippen LogP contribution is -2.57. The summed E-state index contributed by atoms with van der Waals surface area (Å²) in [7, 11) is 0. The zero-order chi connectivity index (χ0) is 17.8. The molecular weight excluding hydrogens is 289 g/mol. The largest absolute Gasteiger partial charge is 0.305 e. The van der Waals surface area contributed by atoms with Gasteiger partial charge in [-0.25, -0.2) is 0 Å². The van der Waals surface area contributed by atoms with Gasteiger partial charge in [0.05, 0.1) is 5.54 Å². The molecule has 1 N–H and O–H groups in total. The highest BCUT2D eigenvalue weighted by Crippen LogP contribution is 2.30. The molecule has 1 saturated heterocycles. The summed E-state index contributed by atoms with van der Waals surface area (Å²) in [6, 6.07) is 1.08. The highest BCUT2D eigenvalue weighted by molar-refractivity contribution is 5.92. The van der Waals surface area contributed by atoms with Crippen LogP contribution in [0, 0.1) is 5.41 Å². The van der Waals surface area contributed by atoms with Crippen LogP contribution in [0.5, 0.6) is 0 Å². The Labute approximate surface area is 142 Å². The van der Waals surface area contributed by atoms with Crippen LogP contribution in [-0.4, -0.2) is 47.2 Å². The van der Waals surface area contributed by atoms with Crippen LogP contribution in [0.25, 0.3) is 0 Å². The van der Waals surface area contributed by atoms with Gasteiger partial charge in [-0.2, -0.15) is 0 Å². The first-order valence-corrected chi connectivity index (χ1v) is 9.02. The molecular formula is C19H36N2O2. The predicted octanol–water partition coefficient (Wildman–Crippen LogP) is 3.19. The molecule has 0 spiro atoms. The van der Waals surface area contributed by atoms with Crippen molar-refractivity contribution in [3.8, 4) is 0 Å². The van der Waals surface area contributed by atoms with Crippen LogP contribution in [0.2, 0.25) is 0 Å². The highest BCUT2D eigenvalue weighted by Gasteiger charge is 2.41. The smallest absolute Gasteiger partial charge is 0.159 e. The second-order valence-electron chi connectivity index (χ2n) is 8.52. The Balaban J connectivity index is 2.72. The van der Waals surface area contributed by atoms with Gasteiger partial charge in [-0.15, -0.1) is 0 Å². The van der Waals surface area contributed by atoms with E-state index in [1.165, 1.54) is 19.3 Å². The van der Waals surface area contributed by atoms with Gasteiger partial charge in [-0.05, 0) is 47.5 Å². The number of ketones is 2. The van der Waals surface area contributed by atoms with Gasteiger partial charge in [-0.1, -0.05) is 20.3 Å². The van der Waals surface area contributed by atoms with E-state index < -0.39 is 11.0 Å². The molecule has 2 atom stereocenters. The van der Waals surface area contributed by atoms with E-state index >= 15 is 0 Å². The van der Waals surface area contributed by atoms with Crippen LogP contribution >= 0.6 is 0 Å². The standard InChI is InChI=1S/C19H36N2O2/c1-14-9-8-10-15(2)21(14)13-18(4,5)17(23)19(6,7)20-12-11-16(3)22/h14-15,20H,8-13H2,1-7H3/i20+1. The molecule has 0 saturated carbocycles. The van der Waals surface area contributed by atoms with Crippen molar-refractivity contribution in [2.75, 3.05) is 13.1 Å². The van der Waals surface area contributed by atoms with Crippen molar-refractivity contribution in [3.05, 3.63) is 0 Å². The van der Waals surface area contributed by atoms with Crippen molar-refractivity contribution >= 4 is 11.6 Å². The van der Waals surface area contributed by atoms with Gasteiger partial charge in [0, 0.05) is 37.0 Å². The van der Waals surface area contributed by atoms with Crippen molar-refractivity contribution in [3.63, 3.8) is 0 Å². The second kappa shape index (κ2) is 7.89. The molecule has 1 aliphatic rings. The van der Waals surface area contributed by atoms with Crippen LogP contribution in [0.4, 0.5) is 0 Å². The van der Waals surface area contributed by atoms with E-state index in [9.17, 15) is 9.59 Å². The van der Waals surface area contributed by atoms with Crippen molar-refractivity contribution in [1.29, 1.82) is 0 Å². The Morgan fingerprint density at radius 1 is 1.09 bits per heavy atom. The van der Waals surface area contributed by atoms with E-state index in [2.05, 4.69) is 37.9 Å². The zero-order valence-electron chi connectivity index (χ0n) is 16.2. The lowest BCUT2D eigenvalue weighted by molar-refractivity contribution is -0.135. The van der Waals surface area contributed by atoms with Crippen LogP contribution in [0.15, 0.2) is 0 Å². The SMILES string of the molecule is CC(=O)CC[15NH]C(C)(C)C(=O)C(C)(C)CN1C(C)CCCC1C. The number of hydrogen-bond donors (Lipinski definition) is 1. The zero-order valence-corrected chi connectivity index (χ0v) is 16.2. The molecule has 0 bridgehead atoms. The van der Waals surface area contributed by atoms with Gasteiger partial charge in [0.2, 0.25) is 0 Å². The fourth-order valence-electron chi connectivity index (χ4n) is 3.79. The molecule has 0 amide bonds. The number of carbonyl (C=O) groups is 2. The number of carbonyl (C=O) groups excluding carboxylic acids is 2. The summed E-state index contributed by atoms with van der Waals surface area (Å²) in [4.78, 5) is 26.7. The minimum atomic E-state index is -0.610. The fraction of sp³-hybridized carbons (Fsp3) is 0.895. The van der Waals surface area contributed by atoms with Crippen molar-refractivity contribution < 1.29 is 9.59 Å². The summed E-state index contributed by atoms with van der Waals surface area (Å²) in [5, 5.41) is 3.27. The summed E-state index contributed by atoms with van der Waals surface area (Å²) < 4.78 is 0. The van der Waals surface area contributed by atoms with Crippen LogP contribution < -0.4 is 5.32 Å². The Morgan fingerprint density at radius 3 is 2.09 bits per heavy atom. The molecule has 0 aromatic rings. The van der Waals surface area contributed by atoms with E-state index in [1.807, 2.05) is 13.8 Å². The summed E-state index contributed by atoms with van der Waals surface area (Å²) in [5.41, 5.74) is -1.02. The third-order valence-electron chi connectivity index (χ3n) is 5.18. The van der Waals surface area contributed by atoms with Crippen molar-refractivity contribution in [1.82, 2.24) is 10.2 Å². The third-order valence-corrected chi connectivity index (χ3v) is 5.18. The molecule has 4 nitrogen and oxygen atoms in total. The van der Waals surface area contributed by atoms with Crippen molar-refractivity contribution in [2.24, 2.45) is 5.41 Å². The molecule has 1 rings (SSSR count). The van der Waals surface area contributed by atoms with E-state index in [-0.39, 0.29) is 11.6 Å². The average molecular weight is 326 g/mol. The van der Waals surface area contributed by atoms with Gasteiger partial charge in [-0.3, -0.25) is 14.5 Å². The maximum absolute atomic E-state index is 13.1. The number of nitrogens with zero attached hydrogens (tertiary/aromatic N) is 1. The summed E-state index contributed by atoms with van der Waals surface area (Å²) in [5.74, 6) is 0.370. The minimum absolute atomic E-state index is 0.149. The molecule has 23 heavy (non-hydrogen) atoms. The molecule has 0 aliphatic carbocycles. The predicted molar refractivity (Wildman–Crippen MR) is 95.6 cm³/mol. The molecule has 1 aliphatic heterocycles. The first-order valence-electron chi connectivity index (χ1n) is 9.02. The monoisotopic (exact) mass is 325 g/mol. The van der Waals surface area contributed by atoms with Gasteiger partial charge >= 0.3 is 0 Å². The van der Waals surface area contributed by atoms with Gasteiger partial charge < -0.3 is 5.32 Å². The lowest BCUT2D eigenvalue weighted by atomic mass is 9.78. The fourth-order valence-corrected chi connectivity index (χ4v) is 3.79. The van der Waals surface area contributed by atoms with E-state index in [4.69, 9.17) is 0 Å². The molecule has 0 radical (unpaired) electrons. The topological polar surface area (TPSA) is 49.4 Å². The van der Waals surface area contributed by atoms with E-state index in [0.29, 0.717) is 25.0 Å². The molecule has 0 aromatic carbocycles. The van der Waals surface area contributed by atoms with Gasteiger partial charge in [0.1, 0.15) is 5.78 Å². The first-order chi connectivity index (χ1) is 10.5. The number of piperidine rings is 1. The van der Waals surface area contributed by atoms with Crippen molar-refractivity contribution in [2.45, 2.75) is 91.8 Å². The maximum atomic E-state index is 13.1. The second-order valence-corrected chi connectivity index (χ2v) is 8.52. The molecule has 1 heterocycles. The van der Waals surface area contributed by atoms with Gasteiger partial charge in [0.25, 0.3) is 0 Å². The molecule has 134 valence electrons. The van der Waals surface area contributed by atoms with E-state index in [0.717, 1.165) is 6.54 Å². The average Bonchev–Trinajstić information content (AvgIpc) is 2.41. The molecule has 4 heteroatoms. The quantitative estimate of drug-likeness (QED) is 0.696. The van der Waals surface area contributed by atoms with Crippen LogP contribution in [-0.2, 0) is 9.59 Å². The lowest BCUT2D eigenvalue weighted by Gasteiger charge is -2.44. The van der Waals surface area contributed by atoms with Crippen LogP contribution in [0.3, 0.4) is 0 Å². The molecule has 1 fully saturated rings. The Kier molecular flexibility index (Phi) is 6.96. The number of Topliss-reactive ketones (excluding diaryl/α,β-unsaturated/α-hetero) is 2.